The maximum Gasteiger partial charge on any atom is 0.416 e. The molecular weight excluding hydrogens is 327 g/mol. The van der Waals surface area contributed by atoms with E-state index in [0.29, 0.717) is 6.42 Å². The molecule has 2 unspecified atom stereocenters. The highest BCUT2D eigenvalue weighted by Gasteiger charge is 2.34. The topological polar surface area (TPSA) is 55.8 Å². The lowest BCUT2D eigenvalue weighted by Crippen LogP contribution is -2.45. The molecule has 1 fully saturated rings. The fourth-order valence-corrected chi connectivity index (χ4v) is 2.62. The van der Waals surface area contributed by atoms with E-state index in [4.69, 9.17) is 4.74 Å². The Kier molecular flexibility index (Phi) is 5.48. The minimum atomic E-state index is -4.51. The van der Waals surface area contributed by atoms with Gasteiger partial charge in [-0.25, -0.2) is 4.79 Å². The standard InChI is InChI=1S/C16H18F3NO4/c1-20(12-6-7-24-13(9-12)15(22)23-2)14(21)10-4-3-5-11(8-10)16(17,18)19/h3-5,8,12-13H,6-7,9H2,1-2H3. The van der Waals surface area contributed by atoms with Gasteiger partial charge < -0.3 is 14.4 Å². The van der Waals surface area contributed by atoms with Gasteiger partial charge in [0, 0.05) is 31.7 Å². The third-order valence-corrected chi connectivity index (χ3v) is 4.03. The van der Waals surface area contributed by atoms with E-state index in [1.165, 1.54) is 31.2 Å². The predicted molar refractivity (Wildman–Crippen MR) is 78.3 cm³/mol. The van der Waals surface area contributed by atoms with Crippen LogP contribution in [0, 0.1) is 0 Å². The van der Waals surface area contributed by atoms with Gasteiger partial charge in [-0.15, -0.1) is 0 Å². The lowest BCUT2D eigenvalue weighted by molar-refractivity contribution is -0.158. The molecule has 8 heteroatoms. The van der Waals surface area contributed by atoms with Gasteiger partial charge in [0.25, 0.3) is 5.91 Å². The number of halogens is 3. The molecule has 0 saturated carbocycles. The molecule has 0 spiro atoms. The number of rotatable bonds is 3. The van der Waals surface area contributed by atoms with Gasteiger partial charge in [-0.05, 0) is 24.6 Å². The highest BCUT2D eigenvalue weighted by atomic mass is 19.4. The number of carbonyl (C=O) groups excluding carboxylic acids is 2. The molecule has 2 rings (SSSR count). The van der Waals surface area contributed by atoms with E-state index < -0.39 is 29.7 Å². The summed E-state index contributed by atoms with van der Waals surface area (Å²) in [5, 5.41) is 0. The predicted octanol–water partition coefficient (Wildman–Crippen LogP) is 2.50. The zero-order chi connectivity index (χ0) is 17.9. The summed E-state index contributed by atoms with van der Waals surface area (Å²) >= 11 is 0. The Hall–Kier alpha value is -2.09. The molecule has 0 radical (unpaired) electrons. The normalized spacial score (nSPS) is 21.2. The van der Waals surface area contributed by atoms with Crippen LogP contribution in [0.5, 0.6) is 0 Å². The van der Waals surface area contributed by atoms with Crippen LogP contribution in [0.4, 0.5) is 13.2 Å². The van der Waals surface area contributed by atoms with Crippen LogP contribution in [0.2, 0.25) is 0 Å². The molecule has 1 aliphatic heterocycles. The van der Waals surface area contributed by atoms with Crippen LogP contribution >= 0.6 is 0 Å². The van der Waals surface area contributed by atoms with Crippen LogP contribution in [-0.4, -0.2) is 49.7 Å². The molecule has 0 N–H and O–H groups in total. The number of nitrogens with zero attached hydrogens (tertiary/aromatic N) is 1. The fourth-order valence-electron chi connectivity index (χ4n) is 2.62. The second-order valence-corrected chi connectivity index (χ2v) is 5.56. The summed E-state index contributed by atoms with van der Waals surface area (Å²) in [6.45, 7) is 0.268. The van der Waals surface area contributed by atoms with Gasteiger partial charge in [-0.3, -0.25) is 4.79 Å². The van der Waals surface area contributed by atoms with Crippen LogP contribution in [0.25, 0.3) is 0 Å². The van der Waals surface area contributed by atoms with Crippen LogP contribution in [0.15, 0.2) is 24.3 Å². The summed E-state index contributed by atoms with van der Waals surface area (Å²) in [4.78, 5) is 25.4. The van der Waals surface area contributed by atoms with Crippen molar-refractivity contribution in [3.8, 4) is 0 Å². The van der Waals surface area contributed by atoms with E-state index in [0.717, 1.165) is 12.1 Å². The summed E-state index contributed by atoms with van der Waals surface area (Å²) in [5.41, 5.74) is -0.922. The van der Waals surface area contributed by atoms with Crippen molar-refractivity contribution in [1.82, 2.24) is 4.90 Å². The largest absolute Gasteiger partial charge is 0.467 e. The molecule has 1 aromatic rings. The van der Waals surface area contributed by atoms with Gasteiger partial charge in [-0.1, -0.05) is 6.07 Å². The van der Waals surface area contributed by atoms with Crippen molar-refractivity contribution in [2.45, 2.75) is 31.2 Å². The Morgan fingerprint density at radius 1 is 1.33 bits per heavy atom. The molecule has 1 saturated heterocycles. The average molecular weight is 345 g/mol. The first-order valence-electron chi connectivity index (χ1n) is 7.38. The maximum atomic E-state index is 12.8. The minimum Gasteiger partial charge on any atom is -0.467 e. The molecule has 132 valence electrons. The Morgan fingerprint density at radius 2 is 2.04 bits per heavy atom. The second kappa shape index (κ2) is 7.21. The number of ether oxygens (including phenoxy) is 2. The lowest BCUT2D eigenvalue weighted by Gasteiger charge is -2.34. The third kappa shape index (κ3) is 4.05. The van der Waals surface area contributed by atoms with Crippen LogP contribution < -0.4 is 0 Å². The Balaban J connectivity index is 2.13. The Morgan fingerprint density at radius 3 is 2.67 bits per heavy atom. The first kappa shape index (κ1) is 18.3. The number of methoxy groups -OCH3 is 1. The monoisotopic (exact) mass is 345 g/mol. The lowest BCUT2D eigenvalue weighted by atomic mass is 10.0. The first-order valence-corrected chi connectivity index (χ1v) is 7.38. The van der Waals surface area contributed by atoms with Crippen molar-refractivity contribution in [1.29, 1.82) is 0 Å². The molecule has 1 aliphatic rings. The first-order chi connectivity index (χ1) is 11.2. The van der Waals surface area contributed by atoms with Crippen LogP contribution in [-0.2, 0) is 20.4 Å². The zero-order valence-corrected chi connectivity index (χ0v) is 13.3. The molecule has 0 aliphatic carbocycles. The quantitative estimate of drug-likeness (QED) is 0.790. The smallest absolute Gasteiger partial charge is 0.416 e. The summed E-state index contributed by atoms with van der Waals surface area (Å²) in [7, 11) is 2.75. The van der Waals surface area contributed by atoms with Crippen molar-refractivity contribution < 1.29 is 32.2 Å². The number of hydrogen-bond acceptors (Lipinski definition) is 4. The molecule has 0 bridgehead atoms. The van der Waals surface area contributed by atoms with Gasteiger partial charge in [0.05, 0.1) is 12.7 Å². The molecular formula is C16H18F3NO4. The molecule has 1 amide bonds. The summed E-state index contributed by atoms with van der Waals surface area (Å²) in [6, 6.07) is 3.97. The Bertz CT molecular complexity index is 618. The molecule has 1 heterocycles. The van der Waals surface area contributed by atoms with Gasteiger partial charge in [0.2, 0.25) is 0 Å². The van der Waals surface area contributed by atoms with Crippen molar-refractivity contribution in [3.05, 3.63) is 35.4 Å². The van der Waals surface area contributed by atoms with E-state index in [1.807, 2.05) is 0 Å². The number of amides is 1. The molecule has 0 aromatic heterocycles. The van der Waals surface area contributed by atoms with E-state index in [2.05, 4.69) is 4.74 Å². The van der Waals surface area contributed by atoms with Gasteiger partial charge in [0.15, 0.2) is 6.10 Å². The van der Waals surface area contributed by atoms with Gasteiger partial charge in [-0.2, -0.15) is 13.2 Å². The van der Waals surface area contributed by atoms with Crippen molar-refractivity contribution in [3.63, 3.8) is 0 Å². The van der Waals surface area contributed by atoms with Gasteiger partial charge in [0.1, 0.15) is 0 Å². The fraction of sp³-hybridized carbons (Fsp3) is 0.500. The van der Waals surface area contributed by atoms with Crippen LogP contribution in [0.3, 0.4) is 0 Å². The van der Waals surface area contributed by atoms with Crippen molar-refractivity contribution in [2.75, 3.05) is 20.8 Å². The van der Waals surface area contributed by atoms with E-state index in [9.17, 15) is 22.8 Å². The van der Waals surface area contributed by atoms with Gasteiger partial charge >= 0.3 is 12.1 Å². The summed E-state index contributed by atoms with van der Waals surface area (Å²) in [5.74, 6) is -1.06. The molecule has 1 aromatic carbocycles. The SMILES string of the molecule is COC(=O)C1CC(N(C)C(=O)c2cccc(C(F)(F)F)c2)CCO1. The van der Waals surface area contributed by atoms with Crippen molar-refractivity contribution in [2.24, 2.45) is 0 Å². The number of carbonyl (C=O) groups is 2. The van der Waals surface area contributed by atoms with E-state index >= 15 is 0 Å². The molecule has 24 heavy (non-hydrogen) atoms. The van der Waals surface area contributed by atoms with E-state index in [-0.39, 0.29) is 24.6 Å². The maximum absolute atomic E-state index is 12.8. The minimum absolute atomic E-state index is 0.0477. The highest BCUT2D eigenvalue weighted by molar-refractivity contribution is 5.94. The number of esters is 1. The van der Waals surface area contributed by atoms with Crippen molar-refractivity contribution >= 4 is 11.9 Å². The number of benzene rings is 1. The second-order valence-electron chi connectivity index (χ2n) is 5.56. The molecule has 2 atom stereocenters. The summed E-state index contributed by atoms with van der Waals surface area (Å²) < 4.78 is 48.2. The third-order valence-electron chi connectivity index (χ3n) is 4.03. The average Bonchev–Trinajstić information content (AvgIpc) is 2.59. The van der Waals surface area contributed by atoms with Crippen LogP contribution in [0.1, 0.15) is 28.8 Å². The van der Waals surface area contributed by atoms with E-state index in [1.54, 1.807) is 0 Å². The zero-order valence-electron chi connectivity index (χ0n) is 13.3. The highest BCUT2D eigenvalue weighted by Crippen LogP contribution is 2.30. The molecule has 5 nitrogen and oxygen atoms in total. The number of alkyl halides is 3. The Labute approximate surface area is 137 Å². The number of hydrogen-bond donors (Lipinski definition) is 0. The summed E-state index contributed by atoms with van der Waals surface area (Å²) in [6.07, 6.45) is -4.54.